The van der Waals surface area contributed by atoms with E-state index in [1.807, 2.05) is 68.5 Å². The zero-order valence-corrected chi connectivity index (χ0v) is 21.4. The Bertz CT molecular complexity index is 1670. The standard InChI is InChI=1S/C28H27N3O4S/c1-5-34-19-13-11-18(12-14-19)25-24(27(33)35-6-2)17(4)30-28-31(25)26(32)23(36-28)15-21-16(3)29-22-10-8-7-9-20(21)22/h7-15,25,29H,5-6H2,1-4H3/b23-15-/t25-/m1/s1. The van der Waals surface area contributed by atoms with Gasteiger partial charge in [-0.05, 0) is 57.5 Å². The first-order valence-electron chi connectivity index (χ1n) is 11.9. The van der Waals surface area contributed by atoms with Gasteiger partial charge in [-0.1, -0.05) is 41.7 Å². The molecule has 0 spiro atoms. The molecule has 0 saturated heterocycles. The molecule has 0 fully saturated rings. The third-order valence-corrected chi connectivity index (χ3v) is 7.23. The van der Waals surface area contributed by atoms with Crippen molar-refractivity contribution in [1.82, 2.24) is 9.55 Å². The molecular formula is C28H27N3O4S. The number of allylic oxidation sites excluding steroid dienone is 1. The predicted molar refractivity (Wildman–Crippen MR) is 141 cm³/mol. The van der Waals surface area contributed by atoms with E-state index in [1.165, 1.54) is 11.3 Å². The van der Waals surface area contributed by atoms with Crippen LogP contribution < -0.4 is 19.6 Å². The third-order valence-electron chi connectivity index (χ3n) is 6.24. The number of hydrogen-bond donors (Lipinski definition) is 1. The van der Waals surface area contributed by atoms with Crippen LogP contribution in [0.3, 0.4) is 0 Å². The molecule has 1 atom stereocenters. The van der Waals surface area contributed by atoms with Gasteiger partial charge in [-0.3, -0.25) is 9.36 Å². The molecule has 0 amide bonds. The van der Waals surface area contributed by atoms with Gasteiger partial charge in [0.15, 0.2) is 4.80 Å². The van der Waals surface area contributed by atoms with Crippen LogP contribution in [0.4, 0.5) is 0 Å². The first-order chi connectivity index (χ1) is 17.4. The lowest BCUT2D eigenvalue weighted by molar-refractivity contribution is -0.139. The summed E-state index contributed by atoms with van der Waals surface area (Å²) in [5, 5.41) is 1.05. The van der Waals surface area contributed by atoms with Crippen molar-refractivity contribution in [3.8, 4) is 5.75 Å². The molecule has 0 aliphatic carbocycles. The summed E-state index contributed by atoms with van der Waals surface area (Å²) in [4.78, 5) is 35.5. The minimum absolute atomic E-state index is 0.198. The molecule has 4 aromatic rings. The van der Waals surface area contributed by atoms with Gasteiger partial charge in [0.1, 0.15) is 5.75 Å². The first kappa shape index (κ1) is 23.8. The van der Waals surface area contributed by atoms with E-state index in [0.717, 1.165) is 33.5 Å². The Labute approximate surface area is 212 Å². The normalized spacial score (nSPS) is 15.7. The number of ether oxygens (including phenoxy) is 2. The Morgan fingerprint density at radius 2 is 1.86 bits per heavy atom. The predicted octanol–water partition coefficient (Wildman–Crippen LogP) is 3.99. The van der Waals surface area contributed by atoms with Crippen LogP contribution in [0, 0.1) is 6.92 Å². The number of nitrogens with one attached hydrogen (secondary N) is 1. The van der Waals surface area contributed by atoms with Crippen LogP contribution in [0.15, 0.2) is 69.6 Å². The smallest absolute Gasteiger partial charge is 0.338 e. The Morgan fingerprint density at radius 3 is 2.58 bits per heavy atom. The van der Waals surface area contributed by atoms with Crippen LogP contribution in [0.1, 0.15) is 43.6 Å². The van der Waals surface area contributed by atoms with E-state index in [0.29, 0.717) is 27.2 Å². The highest BCUT2D eigenvalue weighted by molar-refractivity contribution is 7.07. The summed E-state index contributed by atoms with van der Waals surface area (Å²) in [6, 6.07) is 14.8. The SMILES string of the molecule is CCOC(=O)C1=C(C)N=c2s/c(=C\c3c(C)[nH]c4ccccc34)c(=O)n2[C@@H]1c1ccc(OCC)cc1. The largest absolute Gasteiger partial charge is 0.494 e. The number of para-hydroxylation sites is 1. The van der Waals surface area contributed by atoms with Gasteiger partial charge in [0, 0.05) is 22.2 Å². The fourth-order valence-electron chi connectivity index (χ4n) is 4.64. The van der Waals surface area contributed by atoms with Crippen molar-refractivity contribution >= 4 is 34.3 Å². The van der Waals surface area contributed by atoms with E-state index in [9.17, 15) is 9.59 Å². The van der Waals surface area contributed by atoms with Gasteiger partial charge in [-0.2, -0.15) is 0 Å². The molecule has 0 radical (unpaired) electrons. The molecular weight excluding hydrogens is 474 g/mol. The second-order valence-corrected chi connectivity index (χ2v) is 9.52. The summed E-state index contributed by atoms with van der Waals surface area (Å²) in [6.45, 7) is 8.25. The lowest BCUT2D eigenvalue weighted by Gasteiger charge is -2.24. The van der Waals surface area contributed by atoms with Crippen molar-refractivity contribution in [3.63, 3.8) is 0 Å². The summed E-state index contributed by atoms with van der Waals surface area (Å²) in [5.74, 6) is 0.251. The number of H-pyrrole nitrogens is 1. The van der Waals surface area contributed by atoms with Crippen LogP contribution in [-0.2, 0) is 9.53 Å². The van der Waals surface area contributed by atoms with Crippen molar-refractivity contribution in [2.75, 3.05) is 13.2 Å². The Kier molecular flexibility index (Phi) is 6.36. The fraction of sp³-hybridized carbons (Fsp3) is 0.250. The van der Waals surface area contributed by atoms with Crippen LogP contribution in [0.25, 0.3) is 17.0 Å². The lowest BCUT2D eigenvalue weighted by atomic mass is 9.96. The van der Waals surface area contributed by atoms with Crippen molar-refractivity contribution in [3.05, 3.63) is 96.3 Å². The first-order valence-corrected chi connectivity index (χ1v) is 12.7. The highest BCUT2D eigenvalue weighted by atomic mass is 32.1. The Balaban J connectivity index is 1.72. The zero-order valence-electron chi connectivity index (χ0n) is 20.6. The third kappa shape index (κ3) is 4.07. The number of aromatic amines is 1. The van der Waals surface area contributed by atoms with Crippen molar-refractivity contribution in [2.45, 2.75) is 33.7 Å². The summed E-state index contributed by atoms with van der Waals surface area (Å²) in [5.41, 5.74) is 4.46. The van der Waals surface area contributed by atoms with Gasteiger partial charge in [-0.25, -0.2) is 9.79 Å². The molecule has 1 aliphatic heterocycles. The van der Waals surface area contributed by atoms with Crippen LogP contribution in [-0.4, -0.2) is 28.7 Å². The number of benzene rings is 2. The number of rotatable bonds is 6. The van der Waals surface area contributed by atoms with Gasteiger partial charge < -0.3 is 14.5 Å². The van der Waals surface area contributed by atoms with E-state index in [2.05, 4.69) is 9.98 Å². The number of carbonyl (C=O) groups excluding carboxylic acids is 1. The second kappa shape index (κ2) is 9.62. The molecule has 2 aromatic carbocycles. The summed E-state index contributed by atoms with van der Waals surface area (Å²) >= 11 is 1.32. The summed E-state index contributed by atoms with van der Waals surface area (Å²) in [6.07, 6.45) is 1.91. The number of aromatic nitrogens is 2. The molecule has 0 saturated carbocycles. The van der Waals surface area contributed by atoms with Crippen LogP contribution in [0.2, 0.25) is 0 Å². The molecule has 0 bridgehead atoms. The molecule has 5 rings (SSSR count). The maximum absolute atomic E-state index is 13.8. The zero-order chi connectivity index (χ0) is 25.4. The molecule has 8 heteroatoms. The minimum atomic E-state index is -0.651. The number of fused-ring (bicyclic) bond motifs is 2. The van der Waals surface area contributed by atoms with Gasteiger partial charge >= 0.3 is 5.97 Å². The van der Waals surface area contributed by atoms with E-state index in [-0.39, 0.29) is 12.2 Å². The van der Waals surface area contributed by atoms with Gasteiger partial charge in [0.25, 0.3) is 5.56 Å². The molecule has 3 heterocycles. The number of thiazole rings is 1. The molecule has 184 valence electrons. The van der Waals surface area contributed by atoms with E-state index in [1.54, 1.807) is 18.4 Å². The van der Waals surface area contributed by atoms with Gasteiger partial charge in [0.2, 0.25) is 0 Å². The van der Waals surface area contributed by atoms with Crippen molar-refractivity contribution in [2.24, 2.45) is 4.99 Å². The Morgan fingerprint density at radius 1 is 1.11 bits per heavy atom. The maximum atomic E-state index is 13.8. The van der Waals surface area contributed by atoms with Crippen LogP contribution >= 0.6 is 11.3 Å². The minimum Gasteiger partial charge on any atom is -0.494 e. The fourth-order valence-corrected chi connectivity index (χ4v) is 5.66. The second-order valence-electron chi connectivity index (χ2n) is 8.51. The summed E-state index contributed by atoms with van der Waals surface area (Å²) in [7, 11) is 0. The monoisotopic (exact) mass is 501 g/mol. The molecule has 2 aromatic heterocycles. The molecule has 7 nitrogen and oxygen atoms in total. The number of aryl methyl sites for hydroxylation is 1. The molecule has 1 N–H and O–H groups in total. The van der Waals surface area contributed by atoms with Crippen molar-refractivity contribution in [1.29, 1.82) is 0 Å². The number of hydrogen-bond acceptors (Lipinski definition) is 6. The van der Waals surface area contributed by atoms with Gasteiger partial charge in [0.05, 0.1) is 35.1 Å². The molecule has 0 unspecified atom stereocenters. The summed E-state index contributed by atoms with van der Waals surface area (Å²) < 4.78 is 13.1. The quantitative estimate of drug-likeness (QED) is 0.405. The molecule has 1 aliphatic rings. The average Bonchev–Trinajstić information content (AvgIpc) is 3.34. The topological polar surface area (TPSA) is 85.7 Å². The maximum Gasteiger partial charge on any atom is 0.338 e. The van der Waals surface area contributed by atoms with Gasteiger partial charge in [-0.15, -0.1) is 0 Å². The van der Waals surface area contributed by atoms with Crippen molar-refractivity contribution < 1.29 is 14.3 Å². The number of nitrogens with zero attached hydrogens (tertiary/aromatic N) is 2. The van der Waals surface area contributed by atoms with E-state index < -0.39 is 12.0 Å². The number of carbonyl (C=O) groups is 1. The Hall–Kier alpha value is -3.91. The van der Waals surface area contributed by atoms with E-state index in [4.69, 9.17) is 9.47 Å². The lowest BCUT2D eigenvalue weighted by Crippen LogP contribution is -2.39. The number of esters is 1. The average molecular weight is 502 g/mol. The van der Waals surface area contributed by atoms with E-state index >= 15 is 0 Å². The highest BCUT2D eigenvalue weighted by Crippen LogP contribution is 2.31. The van der Waals surface area contributed by atoms with Crippen LogP contribution in [0.5, 0.6) is 5.75 Å². The highest BCUT2D eigenvalue weighted by Gasteiger charge is 2.33. The molecule has 36 heavy (non-hydrogen) atoms.